The van der Waals surface area contributed by atoms with Crippen LogP contribution in [0.3, 0.4) is 0 Å². The highest BCUT2D eigenvalue weighted by atomic mass is 79.9. The van der Waals surface area contributed by atoms with Crippen molar-refractivity contribution in [3.63, 3.8) is 0 Å². The minimum absolute atomic E-state index is 0.0212. The molecule has 0 fully saturated rings. The van der Waals surface area contributed by atoms with Crippen LogP contribution in [0.15, 0.2) is 65.2 Å². The summed E-state index contributed by atoms with van der Waals surface area (Å²) >= 11 is 3.47. The fourth-order valence-corrected chi connectivity index (χ4v) is 8.19. The maximum atomic E-state index is 14.1. The molecule has 0 heterocycles. The number of carbonyl (C=O) groups is 1. The highest BCUT2D eigenvalue weighted by Crippen LogP contribution is 2.34. The largest absolute Gasteiger partial charge is 0.466 e. The molecular formula is C23H29BrFNO4SSi. The Balaban J connectivity index is 2.66. The second-order valence-electron chi connectivity index (χ2n) is 8.74. The van der Waals surface area contributed by atoms with E-state index in [4.69, 9.17) is 4.74 Å². The van der Waals surface area contributed by atoms with Gasteiger partial charge in [0.1, 0.15) is 5.82 Å². The van der Waals surface area contributed by atoms with Crippen LogP contribution in [0.25, 0.3) is 0 Å². The number of hydrogen-bond donors (Lipinski definition) is 0. The zero-order valence-corrected chi connectivity index (χ0v) is 22.2. The number of nitrogens with zero attached hydrogens (tertiary/aromatic N) is 1. The fourth-order valence-electron chi connectivity index (χ4n) is 3.16. The van der Waals surface area contributed by atoms with Gasteiger partial charge in [-0.05, 0) is 35.4 Å². The first kappa shape index (κ1) is 26.4. The molecule has 0 saturated heterocycles. The van der Waals surface area contributed by atoms with E-state index in [0.717, 1.165) is 4.47 Å². The molecule has 0 aliphatic rings. The van der Waals surface area contributed by atoms with Crippen LogP contribution in [-0.2, 0) is 26.1 Å². The average molecular weight is 543 g/mol. The van der Waals surface area contributed by atoms with Crippen molar-refractivity contribution in [3.05, 3.63) is 82.1 Å². The Morgan fingerprint density at radius 3 is 2.41 bits per heavy atom. The molecular weight excluding hydrogens is 513 g/mol. The summed E-state index contributed by atoms with van der Waals surface area (Å²) in [6.45, 7) is 10.1. The number of carbonyl (C=O) groups excluding carboxylic acids is 1. The molecule has 5 nitrogen and oxygen atoms in total. The van der Waals surface area contributed by atoms with E-state index in [1.807, 2.05) is 12.1 Å². The lowest BCUT2D eigenvalue weighted by Crippen LogP contribution is -2.40. The molecule has 0 bridgehead atoms. The van der Waals surface area contributed by atoms with Crippen molar-refractivity contribution in [3.8, 4) is 0 Å². The minimum atomic E-state index is -3.86. The molecule has 0 N–H and O–H groups in total. The van der Waals surface area contributed by atoms with Crippen molar-refractivity contribution in [1.82, 2.24) is 4.31 Å². The van der Waals surface area contributed by atoms with Gasteiger partial charge in [-0.25, -0.2) is 17.6 Å². The molecule has 2 aromatic rings. The summed E-state index contributed by atoms with van der Waals surface area (Å²) in [4.78, 5) is 12.4. The van der Waals surface area contributed by atoms with Crippen molar-refractivity contribution in [2.45, 2.75) is 38.3 Å². The van der Waals surface area contributed by atoms with E-state index in [1.54, 1.807) is 18.2 Å². The van der Waals surface area contributed by atoms with Crippen LogP contribution >= 0.6 is 15.9 Å². The summed E-state index contributed by atoms with van der Waals surface area (Å²) in [6.07, 6.45) is 0. The second-order valence-corrected chi connectivity index (χ2v) is 17.3. The maximum Gasteiger partial charge on any atom is 0.335 e. The smallest absolute Gasteiger partial charge is 0.335 e. The van der Waals surface area contributed by atoms with Gasteiger partial charge in [-0.2, -0.15) is 4.31 Å². The Morgan fingerprint density at radius 2 is 1.84 bits per heavy atom. The first-order valence-corrected chi connectivity index (χ1v) is 16.2. The SMILES string of the molecule is C=C(C(=O)OC)C(c1cccc(F)c1)N(Cc1ccccc1Br)S(=O)(=O)CC[Si](C)(C)C. The predicted octanol–water partition coefficient (Wildman–Crippen LogP) is 5.53. The molecule has 0 amide bonds. The molecule has 9 heteroatoms. The third-order valence-corrected chi connectivity index (χ3v) is 9.64. The third kappa shape index (κ3) is 7.10. The predicted molar refractivity (Wildman–Crippen MR) is 132 cm³/mol. The van der Waals surface area contributed by atoms with Crippen LogP contribution in [0.5, 0.6) is 0 Å². The molecule has 32 heavy (non-hydrogen) atoms. The van der Waals surface area contributed by atoms with E-state index in [-0.39, 0.29) is 17.9 Å². The third-order valence-electron chi connectivity index (χ3n) is 4.98. The van der Waals surface area contributed by atoms with Gasteiger partial charge in [0, 0.05) is 19.1 Å². The standard InChI is InChI=1S/C23H29BrFNO4SSi/c1-17(23(27)30-2)22(18-10-8-11-20(25)15-18)26(16-19-9-6-7-12-21(19)24)31(28,29)13-14-32(3,4)5/h6-12,15,22H,1,13-14,16H2,2-5H3. The first-order valence-electron chi connectivity index (χ1n) is 10.1. The number of ether oxygens (including phenoxy) is 1. The molecule has 0 aromatic heterocycles. The molecule has 0 saturated carbocycles. The zero-order valence-electron chi connectivity index (χ0n) is 18.8. The van der Waals surface area contributed by atoms with Crippen LogP contribution in [0.1, 0.15) is 17.2 Å². The van der Waals surface area contributed by atoms with Crippen molar-refractivity contribution < 1.29 is 22.3 Å². The maximum absolute atomic E-state index is 14.1. The Morgan fingerprint density at radius 1 is 1.19 bits per heavy atom. The normalized spacial score (nSPS) is 13.1. The van der Waals surface area contributed by atoms with Gasteiger partial charge < -0.3 is 4.74 Å². The van der Waals surface area contributed by atoms with Gasteiger partial charge in [0.15, 0.2) is 0 Å². The van der Waals surface area contributed by atoms with E-state index >= 15 is 0 Å². The van der Waals surface area contributed by atoms with Gasteiger partial charge in [0.05, 0.1) is 24.5 Å². The highest BCUT2D eigenvalue weighted by molar-refractivity contribution is 9.10. The summed E-state index contributed by atoms with van der Waals surface area (Å²) in [5.41, 5.74) is 0.939. The van der Waals surface area contributed by atoms with Gasteiger partial charge in [-0.1, -0.05) is 72.5 Å². The summed E-state index contributed by atoms with van der Waals surface area (Å²) < 4.78 is 48.2. The van der Waals surface area contributed by atoms with E-state index in [0.29, 0.717) is 17.2 Å². The van der Waals surface area contributed by atoms with Gasteiger partial charge in [0.25, 0.3) is 0 Å². The van der Waals surface area contributed by atoms with E-state index in [1.165, 1.54) is 29.6 Å². The number of methoxy groups -OCH3 is 1. The monoisotopic (exact) mass is 541 g/mol. The van der Waals surface area contributed by atoms with E-state index in [9.17, 15) is 17.6 Å². The number of hydrogen-bond acceptors (Lipinski definition) is 4. The van der Waals surface area contributed by atoms with Crippen molar-refractivity contribution in [2.24, 2.45) is 0 Å². The number of esters is 1. The first-order chi connectivity index (χ1) is 14.9. The number of halogens is 2. The molecule has 0 aliphatic carbocycles. The lowest BCUT2D eigenvalue weighted by Gasteiger charge is -2.33. The summed E-state index contributed by atoms with van der Waals surface area (Å²) in [7, 11) is -4.34. The van der Waals surface area contributed by atoms with Gasteiger partial charge in [0.2, 0.25) is 10.0 Å². The van der Waals surface area contributed by atoms with Gasteiger partial charge >= 0.3 is 5.97 Å². The van der Waals surface area contributed by atoms with Crippen molar-refractivity contribution in [2.75, 3.05) is 12.9 Å². The van der Waals surface area contributed by atoms with Crippen LogP contribution in [0.4, 0.5) is 4.39 Å². The molecule has 2 aromatic carbocycles. The molecule has 1 unspecified atom stereocenters. The van der Waals surface area contributed by atoms with Crippen LogP contribution in [-0.4, -0.2) is 39.6 Å². The highest BCUT2D eigenvalue weighted by Gasteiger charge is 2.37. The quantitative estimate of drug-likeness (QED) is 0.225. The molecule has 0 radical (unpaired) electrons. The number of sulfonamides is 1. The van der Waals surface area contributed by atoms with E-state index < -0.39 is 35.9 Å². The molecule has 0 aliphatic heterocycles. The molecule has 1 atom stereocenters. The Bertz CT molecular complexity index is 1090. The zero-order chi connectivity index (χ0) is 24.1. The Kier molecular flexibility index (Phi) is 8.98. The number of benzene rings is 2. The molecule has 174 valence electrons. The number of rotatable bonds is 10. The summed E-state index contributed by atoms with van der Waals surface area (Å²) in [5, 5.41) is 0. The van der Waals surface area contributed by atoms with Crippen molar-refractivity contribution >= 4 is 40.0 Å². The molecule has 2 rings (SSSR count). The topological polar surface area (TPSA) is 63.7 Å². The summed E-state index contributed by atoms with van der Waals surface area (Å²) in [5.74, 6) is -1.37. The van der Waals surface area contributed by atoms with Crippen LogP contribution in [0, 0.1) is 5.82 Å². The minimum Gasteiger partial charge on any atom is -0.466 e. The van der Waals surface area contributed by atoms with Gasteiger partial charge in [-0.15, -0.1) is 0 Å². The fraction of sp³-hybridized carbons (Fsp3) is 0.348. The van der Waals surface area contributed by atoms with Crippen LogP contribution < -0.4 is 0 Å². The Hall–Kier alpha value is -1.81. The van der Waals surface area contributed by atoms with E-state index in [2.05, 4.69) is 42.1 Å². The Labute approximate surface area is 199 Å². The second kappa shape index (κ2) is 10.9. The molecule has 0 spiro atoms. The van der Waals surface area contributed by atoms with Crippen molar-refractivity contribution in [1.29, 1.82) is 0 Å². The average Bonchev–Trinajstić information content (AvgIpc) is 2.72. The summed E-state index contributed by atoms with van der Waals surface area (Å²) in [6, 6.07) is 12.2. The van der Waals surface area contributed by atoms with Gasteiger partial charge in [-0.3, -0.25) is 0 Å². The lowest BCUT2D eigenvalue weighted by molar-refractivity contribution is -0.136. The van der Waals surface area contributed by atoms with Crippen LogP contribution in [0.2, 0.25) is 25.7 Å². The lowest BCUT2D eigenvalue weighted by atomic mass is 9.99.